The first-order chi connectivity index (χ1) is 6.11. The van der Waals surface area contributed by atoms with Gasteiger partial charge >= 0.3 is 5.97 Å². The fraction of sp³-hybridized carbons (Fsp3) is 0.222. The van der Waals surface area contributed by atoms with Gasteiger partial charge in [-0.3, -0.25) is 0 Å². The Kier molecular flexibility index (Phi) is 2.95. The lowest BCUT2D eigenvalue weighted by atomic mass is 9.93. The Morgan fingerprint density at radius 2 is 2.00 bits per heavy atom. The average Bonchev–Trinajstić information content (AvgIpc) is 2.17. The molecule has 1 atom stereocenters. The molecule has 0 fully saturated rings. The summed E-state index contributed by atoms with van der Waals surface area (Å²) in [5, 5.41) is 8.91. The van der Waals surface area contributed by atoms with Crippen LogP contribution in [0.5, 0.6) is 0 Å². The van der Waals surface area contributed by atoms with Crippen LogP contribution in [0.1, 0.15) is 5.56 Å². The SMILES string of the molecule is NC(CS)(C(=O)O)c1ccccc1. The van der Waals surface area contributed by atoms with Crippen molar-refractivity contribution in [2.45, 2.75) is 5.54 Å². The molecule has 0 spiro atoms. The summed E-state index contributed by atoms with van der Waals surface area (Å²) >= 11 is 3.95. The molecule has 1 aromatic carbocycles. The third-order valence-electron chi connectivity index (χ3n) is 1.92. The third-order valence-corrected chi connectivity index (χ3v) is 2.42. The molecule has 0 amide bonds. The summed E-state index contributed by atoms with van der Waals surface area (Å²) in [7, 11) is 0. The highest BCUT2D eigenvalue weighted by Gasteiger charge is 2.34. The van der Waals surface area contributed by atoms with Crippen LogP contribution in [0.2, 0.25) is 0 Å². The largest absolute Gasteiger partial charge is 0.480 e. The molecule has 0 saturated heterocycles. The molecule has 0 heterocycles. The molecule has 70 valence electrons. The van der Waals surface area contributed by atoms with Gasteiger partial charge in [0, 0.05) is 5.75 Å². The minimum absolute atomic E-state index is 0.0757. The summed E-state index contributed by atoms with van der Waals surface area (Å²) in [4.78, 5) is 10.9. The number of carbonyl (C=O) groups is 1. The topological polar surface area (TPSA) is 63.3 Å². The zero-order valence-corrected chi connectivity index (χ0v) is 7.87. The van der Waals surface area contributed by atoms with Gasteiger partial charge in [-0.2, -0.15) is 12.6 Å². The summed E-state index contributed by atoms with van der Waals surface area (Å²) in [5.41, 5.74) is 4.87. The Balaban J connectivity index is 3.11. The predicted octanol–water partition coefficient (Wildman–Crippen LogP) is 0.855. The van der Waals surface area contributed by atoms with Crippen molar-refractivity contribution in [3.63, 3.8) is 0 Å². The minimum Gasteiger partial charge on any atom is -0.480 e. The van der Waals surface area contributed by atoms with Gasteiger partial charge in [0.15, 0.2) is 0 Å². The van der Waals surface area contributed by atoms with Gasteiger partial charge in [0.1, 0.15) is 5.54 Å². The van der Waals surface area contributed by atoms with Crippen molar-refractivity contribution in [2.24, 2.45) is 5.73 Å². The molecule has 0 aliphatic rings. The summed E-state index contributed by atoms with van der Waals surface area (Å²) in [6, 6.07) is 8.69. The van der Waals surface area contributed by atoms with E-state index in [1.807, 2.05) is 6.07 Å². The van der Waals surface area contributed by atoms with Crippen LogP contribution in [0.15, 0.2) is 30.3 Å². The van der Waals surface area contributed by atoms with Crippen LogP contribution in [0.4, 0.5) is 0 Å². The average molecular weight is 197 g/mol. The Hall–Kier alpha value is -1.00. The normalized spacial score (nSPS) is 14.9. The number of carboxylic acid groups (broad SMARTS) is 1. The number of nitrogens with two attached hydrogens (primary N) is 1. The van der Waals surface area contributed by atoms with E-state index in [1.54, 1.807) is 24.3 Å². The molecule has 3 nitrogen and oxygen atoms in total. The summed E-state index contributed by atoms with van der Waals surface area (Å²) in [5.74, 6) is -0.986. The molecule has 0 bridgehead atoms. The second-order valence-corrected chi connectivity index (χ2v) is 3.12. The maximum absolute atomic E-state index is 10.9. The first kappa shape index (κ1) is 10.1. The molecule has 1 rings (SSSR count). The van der Waals surface area contributed by atoms with Crippen molar-refractivity contribution in [3.05, 3.63) is 35.9 Å². The van der Waals surface area contributed by atoms with E-state index in [1.165, 1.54) is 0 Å². The molecule has 0 saturated carbocycles. The van der Waals surface area contributed by atoms with Gasteiger partial charge in [-0.05, 0) is 5.56 Å². The van der Waals surface area contributed by atoms with Crippen molar-refractivity contribution in [2.75, 3.05) is 5.75 Å². The highest BCUT2D eigenvalue weighted by molar-refractivity contribution is 7.80. The monoisotopic (exact) mass is 197 g/mol. The second-order valence-electron chi connectivity index (χ2n) is 2.80. The molecule has 4 heteroatoms. The van der Waals surface area contributed by atoms with E-state index >= 15 is 0 Å². The van der Waals surface area contributed by atoms with Crippen LogP contribution < -0.4 is 5.73 Å². The maximum Gasteiger partial charge on any atom is 0.329 e. The van der Waals surface area contributed by atoms with E-state index in [9.17, 15) is 4.79 Å². The number of hydrogen-bond acceptors (Lipinski definition) is 3. The number of rotatable bonds is 3. The van der Waals surface area contributed by atoms with Crippen molar-refractivity contribution in [1.29, 1.82) is 0 Å². The van der Waals surface area contributed by atoms with Gasteiger partial charge in [-0.1, -0.05) is 30.3 Å². The highest BCUT2D eigenvalue weighted by Crippen LogP contribution is 2.19. The lowest BCUT2D eigenvalue weighted by molar-refractivity contribution is -0.142. The third kappa shape index (κ3) is 1.84. The van der Waals surface area contributed by atoms with Crippen molar-refractivity contribution in [3.8, 4) is 0 Å². The van der Waals surface area contributed by atoms with Crippen LogP contribution in [0.3, 0.4) is 0 Å². The smallest absolute Gasteiger partial charge is 0.329 e. The van der Waals surface area contributed by atoms with Crippen LogP contribution in [-0.4, -0.2) is 16.8 Å². The Morgan fingerprint density at radius 3 is 2.38 bits per heavy atom. The summed E-state index contributed by atoms with van der Waals surface area (Å²) < 4.78 is 0. The number of aliphatic carboxylic acids is 1. The molecule has 1 unspecified atom stereocenters. The van der Waals surface area contributed by atoms with Crippen LogP contribution in [0.25, 0.3) is 0 Å². The number of benzene rings is 1. The standard InChI is InChI=1S/C9H11NO2S/c10-9(6-13,8(11)12)7-4-2-1-3-5-7/h1-5,13H,6,10H2,(H,11,12). The maximum atomic E-state index is 10.9. The molecule has 0 aliphatic carbocycles. The van der Waals surface area contributed by atoms with E-state index < -0.39 is 11.5 Å². The molecular weight excluding hydrogens is 186 g/mol. The molecule has 13 heavy (non-hydrogen) atoms. The predicted molar refractivity (Wildman–Crippen MR) is 53.8 cm³/mol. The Bertz CT molecular complexity index is 302. The number of hydrogen-bond donors (Lipinski definition) is 3. The molecule has 0 aromatic heterocycles. The number of thiol groups is 1. The van der Waals surface area contributed by atoms with Crippen LogP contribution in [0, 0.1) is 0 Å². The van der Waals surface area contributed by atoms with Crippen molar-refractivity contribution in [1.82, 2.24) is 0 Å². The lowest BCUT2D eigenvalue weighted by Gasteiger charge is -2.22. The van der Waals surface area contributed by atoms with Gasteiger partial charge in [-0.15, -0.1) is 0 Å². The van der Waals surface area contributed by atoms with E-state index in [0.29, 0.717) is 5.56 Å². The fourth-order valence-corrected chi connectivity index (χ4v) is 1.34. The quantitative estimate of drug-likeness (QED) is 0.630. The molecular formula is C9H11NO2S. The van der Waals surface area contributed by atoms with Crippen molar-refractivity contribution >= 4 is 18.6 Å². The fourth-order valence-electron chi connectivity index (χ4n) is 1.02. The Labute approximate surface area is 82.0 Å². The van der Waals surface area contributed by atoms with Crippen molar-refractivity contribution < 1.29 is 9.90 Å². The highest BCUT2D eigenvalue weighted by atomic mass is 32.1. The lowest BCUT2D eigenvalue weighted by Crippen LogP contribution is -2.46. The van der Waals surface area contributed by atoms with Crippen LogP contribution >= 0.6 is 12.6 Å². The summed E-state index contributed by atoms with van der Waals surface area (Å²) in [6.45, 7) is 0. The van der Waals surface area contributed by atoms with Crippen LogP contribution in [-0.2, 0) is 10.3 Å². The van der Waals surface area contributed by atoms with Gasteiger partial charge < -0.3 is 10.8 Å². The molecule has 3 N–H and O–H groups in total. The second kappa shape index (κ2) is 3.81. The molecule has 1 aromatic rings. The van der Waals surface area contributed by atoms with E-state index in [0.717, 1.165) is 0 Å². The van der Waals surface area contributed by atoms with Gasteiger partial charge in [0.2, 0.25) is 0 Å². The first-order valence-electron chi connectivity index (χ1n) is 3.80. The van der Waals surface area contributed by atoms with E-state index in [2.05, 4.69) is 12.6 Å². The first-order valence-corrected chi connectivity index (χ1v) is 4.43. The zero-order chi connectivity index (χ0) is 9.90. The van der Waals surface area contributed by atoms with E-state index in [-0.39, 0.29) is 5.75 Å². The number of carboxylic acids is 1. The van der Waals surface area contributed by atoms with E-state index in [4.69, 9.17) is 10.8 Å². The van der Waals surface area contributed by atoms with Gasteiger partial charge in [-0.25, -0.2) is 4.79 Å². The van der Waals surface area contributed by atoms with Gasteiger partial charge in [0.25, 0.3) is 0 Å². The minimum atomic E-state index is -1.38. The summed E-state index contributed by atoms with van der Waals surface area (Å²) in [6.07, 6.45) is 0. The molecule has 0 aliphatic heterocycles. The Morgan fingerprint density at radius 1 is 1.46 bits per heavy atom. The molecule has 0 radical (unpaired) electrons. The zero-order valence-electron chi connectivity index (χ0n) is 6.97. The van der Waals surface area contributed by atoms with Gasteiger partial charge in [0.05, 0.1) is 0 Å².